The molecule has 170 valence electrons. The molecule has 0 N–H and O–H groups in total. The number of hydrogen-bond acceptors (Lipinski definition) is 6. The lowest BCUT2D eigenvalue weighted by atomic mass is 10.1. The third-order valence-corrected chi connectivity index (χ3v) is 7.66. The van der Waals surface area contributed by atoms with Crippen molar-refractivity contribution < 1.29 is 17.3 Å². The lowest BCUT2D eigenvalue weighted by molar-refractivity contribution is 0.185. The summed E-state index contributed by atoms with van der Waals surface area (Å²) >= 11 is 5.95. The third kappa shape index (κ3) is 5.17. The molecule has 0 unspecified atom stereocenters. The van der Waals surface area contributed by atoms with Gasteiger partial charge in [-0.1, -0.05) is 35.0 Å². The average molecular weight is 479 g/mol. The van der Waals surface area contributed by atoms with Gasteiger partial charge in [0.1, 0.15) is 5.82 Å². The van der Waals surface area contributed by atoms with Crippen molar-refractivity contribution in [1.82, 2.24) is 19.3 Å². The fraction of sp³-hybridized carbons (Fsp3) is 0.364. The first-order chi connectivity index (χ1) is 15.3. The number of rotatable bonds is 7. The lowest BCUT2D eigenvalue weighted by Gasteiger charge is -2.33. The molecular formula is C22H24ClFN4O3S. The fourth-order valence-corrected chi connectivity index (χ4v) is 5.35. The van der Waals surface area contributed by atoms with Crippen LogP contribution in [0.25, 0.3) is 11.4 Å². The molecule has 2 heterocycles. The smallest absolute Gasteiger partial charge is 0.243 e. The number of nitrogens with zero attached hydrogens (tertiary/aromatic N) is 4. The molecule has 0 aliphatic carbocycles. The Bertz CT molecular complexity index is 1190. The van der Waals surface area contributed by atoms with Gasteiger partial charge >= 0.3 is 0 Å². The van der Waals surface area contributed by atoms with Gasteiger partial charge in [0.15, 0.2) is 0 Å². The molecule has 0 saturated carbocycles. The van der Waals surface area contributed by atoms with Crippen LogP contribution in [-0.2, 0) is 16.4 Å². The van der Waals surface area contributed by atoms with E-state index in [0.29, 0.717) is 60.5 Å². The van der Waals surface area contributed by atoms with E-state index in [1.807, 2.05) is 0 Å². The van der Waals surface area contributed by atoms with Crippen LogP contribution in [0.3, 0.4) is 0 Å². The summed E-state index contributed by atoms with van der Waals surface area (Å²) in [6.45, 7) is 4.65. The molecule has 1 aliphatic heterocycles. The number of hydrogen-bond donors (Lipinski definition) is 0. The molecule has 3 aromatic rings. The number of halogens is 2. The average Bonchev–Trinajstić information content (AvgIpc) is 3.25. The van der Waals surface area contributed by atoms with Crippen LogP contribution in [0.2, 0.25) is 5.02 Å². The summed E-state index contributed by atoms with van der Waals surface area (Å²) in [7, 11) is -3.54. The van der Waals surface area contributed by atoms with E-state index < -0.39 is 10.0 Å². The first-order valence-electron chi connectivity index (χ1n) is 10.4. The Balaban J connectivity index is 1.26. The Morgan fingerprint density at radius 3 is 2.62 bits per heavy atom. The molecule has 0 amide bonds. The fourth-order valence-electron chi connectivity index (χ4n) is 3.63. The highest BCUT2D eigenvalue weighted by Crippen LogP contribution is 2.22. The van der Waals surface area contributed by atoms with Crippen LogP contribution in [0.5, 0.6) is 0 Å². The van der Waals surface area contributed by atoms with Gasteiger partial charge in [0, 0.05) is 43.2 Å². The Morgan fingerprint density at radius 1 is 1.12 bits per heavy atom. The lowest BCUT2D eigenvalue weighted by Crippen LogP contribution is -2.48. The van der Waals surface area contributed by atoms with Gasteiger partial charge in [-0.15, -0.1) is 0 Å². The monoisotopic (exact) mass is 478 g/mol. The van der Waals surface area contributed by atoms with E-state index in [2.05, 4.69) is 15.0 Å². The zero-order valence-electron chi connectivity index (χ0n) is 17.7. The van der Waals surface area contributed by atoms with Gasteiger partial charge in [-0.05, 0) is 49.7 Å². The predicted molar refractivity (Wildman–Crippen MR) is 119 cm³/mol. The predicted octanol–water partition coefficient (Wildman–Crippen LogP) is 3.78. The number of aryl methyl sites for hydroxylation is 2. The third-order valence-electron chi connectivity index (χ3n) is 5.53. The molecule has 0 bridgehead atoms. The van der Waals surface area contributed by atoms with Gasteiger partial charge in [0.25, 0.3) is 0 Å². The summed E-state index contributed by atoms with van der Waals surface area (Å²) in [5, 5.41) is 4.35. The van der Waals surface area contributed by atoms with Crippen molar-refractivity contribution in [1.29, 1.82) is 0 Å². The zero-order valence-corrected chi connectivity index (χ0v) is 19.2. The molecule has 2 aromatic carbocycles. The van der Waals surface area contributed by atoms with Crippen LogP contribution in [0.4, 0.5) is 4.39 Å². The molecule has 7 nitrogen and oxygen atoms in total. The van der Waals surface area contributed by atoms with Crippen LogP contribution in [0, 0.1) is 12.7 Å². The van der Waals surface area contributed by atoms with Crippen LogP contribution in [0.15, 0.2) is 51.9 Å². The van der Waals surface area contributed by atoms with Gasteiger partial charge in [-0.2, -0.15) is 9.29 Å². The zero-order chi connectivity index (χ0) is 22.7. The standard InChI is InChI=1S/C22H24ClFN4O3S/c1-16-7-8-17(14-20(16)24)22-25-21(31-26-22)6-3-9-27-10-12-28(13-11-27)32(29,30)19-5-2-4-18(23)15-19/h2,4-5,7-8,14-15H,3,6,9-13H2,1H3. The largest absolute Gasteiger partial charge is 0.339 e. The first-order valence-corrected chi connectivity index (χ1v) is 12.2. The minimum Gasteiger partial charge on any atom is -0.339 e. The maximum absolute atomic E-state index is 13.8. The molecule has 10 heteroatoms. The molecule has 32 heavy (non-hydrogen) atoms. The van der Waals surface area contributed by atoms with Crippen molar-refractivity contribution in [2.75, 3.05) is 32.7 Å². The number of piperazine rings is 1. The Hall–Kier alpha value is -2.33. The van der Waals surface area contributed by atoms with Gasteiger partial charge in [0.2, 0.25) is 21.7 Å². The highest BCUT2D eigenvalue weighted by Gasteiger charge is 2.28. The molecule has 0 radical (unpaired) electrons. The van der Waals surface area contributed by atoms with E-state index in [1.165, 1.54) is 16.4 Å². The highest BCUT2D eigenvalue weighted by molar-refractivity contribution is 7.89. The van der Waals surface area contributed by atoms with Crippen LogP contribution >= 0.6 is 11.6 Å². The quantitative estimate of drug-likeness (QED) is 0.514. The number of sulfonamides is 1. The molecule has 1 aliphatic rings. The molecule has 1 saturated heterocycles. The minimum absolute atomic E-state index is 0.221. The Labute approximate surface area is 191 Å². The molecule has 4 rings (SSSR count). The second-order valence-electron chi connectivity index (χ2n) is 7.78. The number of aromatic nitrogens is 2. The van der Waals surface area contributed by atoms with E-state index in [4.69, 9.17) is 16.1 Å². The molecule has 0 atom stereocenters. The van der Waals surface area contributed by atoms with Crippen LogP contribution in [0.1, 0.15) is 17.9 Å². The van der Waals surface area contributed by atoms with Gasteiger partial charge in [-0.3, -0.25) is 0 Å². The first kappa shape index (κ1) is 22.8. The van der Waals surface area contributed by atoms with Gasteiger partial charge < -0.3 is 9.42 Å². The van der Waals surface area contributed by atoms with Crippen molar-refractivity contribution >= 4 is 21.6 Å². The van der Waals surface area contributed by atoms with Crippen molar-refractivity contribution in [2.45, 2.75) is 24.7 Å². The number of benzene rings is 2. The summed E-state index contributed by atoms with van der Waals surface area (Å²) in [4.78, 5) is 6.80. The maximum atomic E-state index is 13.8. The maximum Gasteiger partial charge on any atom is 0.243 e. The molecular weight excluding hydrogens is 455 g/mol. The summed E-state index contributed by atoms with van der Waals surface area (Å²) < 4.78 is 46.2. The normalized spacial score (nSPS) is 15.8. The summed E-state index contributed by atoms with van der Waals surface area (Å²) in [6, 6.07) is 11.2. The van der Waals surface area contributed by atoms with Crippen molar-refractivity contribution in [3.63, 3.8) is 0 Å². The van der Waals surface area contributed by atoms with E-state index in [9.17, 15) is 12.8 Å². The molecule has 1 fully saturated rings. The highest BCUT2D eigenvalue weighted by atomic mass is 35.5. The Kier molecular flexibility index (Phi) is 6.90. The van der Waals surface area contributed by atoms with Crippen molar-refractivity contribution in [3.8, 4) is 11.4 Å². The molecule has 1 aromatic heterocycles. The minimum atomic E-state index is -3.54. The van der Waals surface area contributed by atoms with E-state index in [1.54, 1.807) is 37.3 Å². The van der Waals surface area contributed by atoms with Crippen molar-refractivity contribution in [2.24, 2.45) is 0 Å². The molecule has 0 spiro atoms. The van der Waals surface area contributed by atoms with E-state index in [0.717, 1.165) is 13.0 Å². The Morgan fingerprint density at radius 2 is 1.91 bits per heavy atom. The SMILES string of the molecule is Cc1ccc(-c2noc(CCCN3CCN(S(=O)(=O)c4cccc(Cl)c4)CC3)n2)cc1F. The second kappa shape index (κ2) is 9.66. The van der Waals surface area contributed by atoms with Gasteiger partial charge in [-0.25, -0.2) is 12.8 Å². The van der Waals surface area contributed by atoms with Gasteiger partial charge in [0.05, 0.1) is 4.90 Å². The van der Waals surface area contributed by atoms with E-state index >= 15 is 0 Å². The summed E-state index contributed by atoms with van der Waals surface area (Å²) in [5.74, 6) is 0.576. The topological polar surface area (TPSA) is 79.5 Å². The van der Waals surface area contributed by atoms with Crippen LogP contribution < -0.4 is 0 Å². The van der Waals surface area contributed by atoms with Crippen LogP contribution in [-0.4, -0.2) is 60.5 Å². The van der Waals surface area contributed by atoms with Crippen molar-refractivity contribution in [3.05, 3.63) is 64.8 Å². The summed E-state index contributed by atoms with van der Waals surface area (Å²) in [5.41, 5.74) is 1.15. The second-order valence-corrected chi connectivity index (χ2v) is 10.2. The summed E-state index contributed by atoms with van der Waals surface area (Å²) in [6.07, 6.45) is 1.40. The van der Waals surface area contributed by atoms with E-state index in [-0.39, 0.29) is 10.7 Å².